The summed E-state index contributed by atoms with van der Waals surface area (Å²) in [5.41, 5.74) is 10.1. The summed E-state index contributed by atoms with van der Waals surface area (Å²) in [4.78, 5) is 28.9. The van der Waals surface area contributed by atoms with Crippen LogP contribution in [0, 0.1) is 0 Å². The van der Waals surface area contributed by atoms with E-state index in [4.69, 9.17) is 5.73 Å². The van der Waals surface area contributed by atoms with Gasteiger partial charge in [-0.3, -0.25) is 9.69 Å². The molecule has 8 nitrogen and oxygen atoms in total. The maximum absolute atomic E-state index is 13.0. The number of benzene rings is 1. The molecule has 5 rings (SSSR count). The van der Waals surface area contributed by atoms with Crippen LogP contribution in [0.2, 0.25) is 0 Å². The normalized spacial score (nSPS) is 18.6. The van der Waals surface area contributed by atoms with Crippen molar-refractivity contribution in [3.63, 3.8) is 0 Å². The van der Waals surface area contributed by atoms with Gasteiger partial charge in [0.1, 0.15) is 11.6 Å². The third kappa shape index (κ3) is 4.11. The number of aromatic amines is 1. The van der Waals surface area contributed by atoms with Crippen molar-refractivity contribution in [3.8, 4) is 0 Å². The fourth-order valence-corrected chi connectivity index (χ4v) is 4.43. The van der Waals surface area contributed by atoms with E-state index in [1.165, 1.54) is 5.56 Å². The smallest absolute Gasteiger partial charge is 0.253 e. The highest BCUT2D eigenvalue weighted by Crippen LogP contribution is 2.30. The minimum atomic E-state index is 0.105. The van der Waals surface area contributed by atoms with Crippen LogP contribution in [0.5, 0.6) is 0 Å². The molecule has 0 spiro atoms. The summed E-state index contributed by atoms with van der Waals surface area (Å²) in [6, 6.07) is 9.95. The molecule has 4 heterocycles. The zero-order chi connectivity index (χ0) is 21.2. The van der Waals surface area contributed by atoms with Crippen LogP contribution in [0.1, 0.15) is 27.3 Å². The molecule has 1 atom stereocenters. The summed E-state index contributed by atoms with van der Waals surface area (Å²) in [6.45, 7) is 3.13. The van der Waals surface area contributed by atoms with E-state index < -0.39 is 0 Å². The Labute approximate surface area is 181 Å². The third-order valence-electron chi connectivity index (χ3n) is 6.26. The zero-order valence-corrected chi connectivity index (χ0v) is 17.4. The number of aromatic nitrogens is 3. The van der Waals surface area contributed by atoms with Crippen LogP contribution in [0.25, 0.3) is 0 Å². The lowest BCUT2D eigenvalue weighted by Crippen LogP contribution is -2.53. The van der Waals surface area contributed by atoms with Crippen molar-refractivity contribution in [2.45, 2.75) is 25.4 Å². The van der Waals surface area contributed by atoms with Crippen LogP contribution in [-0.2, 0) is 19.3 Å². The molecule has 0 bridgehead atoms. The van der Waals surface area contributed by atoms with Gasteiger partial charge in [0.25, 0.3) is 5.91 Å². The average molecular weight is 418 g/mol. The van der Waals surface area contributed by atoms with Crippen molar-refractivity contribution in [2.75, 3.05) is 37.2 Å². The molecule has 2 aliphatic rings. The van der Waals surface area contributed by atoms with Crippen molar-refractivity contribution in [3.05, 3.63) is 71.4 Å². The van der Waals surface area contributed by atoms with Crippen molar-refractivity contribution in [1.29, 1.82) is 0 Å². The summed E-state index contributed by atoms with van der Waals surface area (Å²) in [6.07, 6.45) is 8.17. The largest absolute Gasteiger partial charge is 0.383 e. The second kappa shape index (κ2) is 8.39. The van der Waals surface area contributed by atoms with Gasteiger partial charge in [0.2, 0.25) is 0 Å². The number of H-pyrrole nitrogens is 1. The lowest BCUT2D eigenvalue weighted by molar-refractivity contribution is 0.0594. The van der Waals surface area contributed by atoms with Crippen molar-refractivity contribution in [2.24, 2.45) is 0 Å². The Morgan fingerprint density at radius 2 is 1.84 bits per heavy atom. The maximum Gasteiger partial charge on any atom is 0.253 e. The number of fused-ring (bicyclic) bond motifs is 1. The predicted molar refractivity (Wildman–Crippen MR) is 120 cm³/mol. The van der Waals surface area contributed by atoms with Crippen LogP contribution < -0.4 is 11.1 Å². The van der Waals surface area contributed by atoms with Crippen molar-refractivity contribution in [1.82, 2.24) is 24.8 Å². The molecule has 1 amide bonds. The van der Waals surface area contributed by atoms with Gasteiger partial charge in [-0.05, 0) is 30.2 Å². The SMILES string of the molecule is Nc1nccc2c1CC(N1CCN(C(=O)c3ccc(CCc4ncc[nH]4)cc3)CC1)N2. The Bertz CT molecular complexity index is 1040. The molecule has 1 fully saturated rings. The second-order valence-electron chi connectivity index (χ2n) is 8.15. The highest BCUT2D eigenvalue weighted by Gasteiger charge is 2.31. The molecule has 2 aliphatic heterocycles. The quantitative estimate of drug-likeness (QED) is 0.586. The minimum absolute atomic E-state index is 0.105. The number of amides is 1. The van der Waals surface area contributed by atoms with Crippen LogP contribution in [0.15, 0.2) is 48.9 Å². The number of nitrogen functional groups attached to an aromatic ring is 1. The predicted octanol–water partition coefficient (Wildman–Crippen LogP) is 1.92. The number of carbonyl (C=O) groups is 1. The van der Waals surface area contributed by atoms with Gasteiger partial charge in [-0.15, -0.1) is 0 Å². The highest BCUT2D eigenvalue weighted by molar-refractivity contribution is 5.94. The minimum Gasteiger partial charge on any atom is -0.383 e. The summed E-state index contributed by atoms with van der Waals surface area (Å²) in [5.74, 6) is 1.69. The molecule has 0 radical (unpaired) electrons. The Morgan fingerprint density at radius 3 is 2.55 bits per heavy atom. The van der Waals surface area contributed by atoms with Gasteiger partial charge >= 0.3 is 0 Å². The molecular weight excluding hydrogens is 390 g/mol. The number of hydrogen-bond donors (Lipinski definition) is 3. The van der Waals surface area contributed by atoms with E-state index in [0.29, 0.717) is 5.82 Å². The average Bonchev–Trinajstić information content (AvgIpc) is 3.48. The van der Waals surface area contributed by atoms with Crippen molar-refractivity contribution < 1.29 is 4.79 Å². The molecule has 8 heteroatoms. The number of carbonyl (C=O) groups excluding carboxylic acids is 1. The van der Waals surface area contributed by atoms with E-state index in [1.807, 2.05) is 41.4 Å². The molecular formula is C23H27N7O. The zero-order valence-electron chi connectivity index (χ0n) is 17.4. The molecule has 1 unspecified atom stereocenters. The number of hydrogen-bond acceptors (Lipinski definition) is 6. The highest BCUT2D eigenvalue weighted by atomic mass is 16.2. The molecule has 2 aromatic heterocycles. The number of anilines is 2. The molecule has 160 valence electrons. The number of nitrogens with one attached hydrogen (secondary N) is 2. The van der Waals surface area contributed by atoms with Crippen LogP contribution >= 0.6 is 0 Å². The summed E-state index contributed by atoms with van der Waals surface area (Å²) >= 11 is 0. The van der Waals surface area contributed by atoms with E-state index in [9.17, 15) is 4.79 Å². The van der Waals surface area contributed by atoms with E-state index in [0.717, 1.165) is 68.1 Å². The standard InChI is InChI=1S/C23H27N7O/c24-22-18-15-21(28-19(18)7-8-27-22)29-11-13-30(14-12-29)23(31)17-4-1-16(2-5-17)3-6-20-25-9-10-26-20/h1-2,4-5,7-10,21,28H,3,6,11-15H2,(H2,24,27)(H,25,26). The molecule has 3 aromatic rings. The number of piperazine rings is 1. The van der Waals surface area contributed by atoms with Gasteiger partial charge in [-0.1, -0.05) is 12.1 Å². The van der Waals surface area contributed by atoms with Crippen LogP contribution in [0.3, 0.4) is 0 Å². The number of aryl methyl sites for hydroxylation is 2. The van der Waals surface area contributed by atoms with Crippen LogP contribution in [-0.4, -0.2) is 63.0 Å². The molecule has 4 N–H and O–H groups in total. The first-order valence-corrected chi connectivity index (χ1v) is 10.8. The number of nitrogens with two attached hydrogens (primary N) is 1. The van der Waals surface area contributed by atoms with Crippen molar-refractivity contribution >= 4 is 17.4 Å². The number of imidazole rings is 1. The van der Waals surface area contributed by atoms with E-state index in [-0.39, 0.29) is 12.1 Å². The van der Waals surface area contributed by atoms with Gasteiger partial charge in [0, 0.05) is 74.4 Å². The Balaban J connectivity index is 1.14. The lowest BCUT2D eigenvalue weighted by atomic mass is 10.1. The lowest BCUT2D eigenvalue weighted by Gasteiger charge is -2.38. The molecule has 0 aliphatic carbocycles. The van der Waals surface area contributed by atoms with Gasteiger partial charge in [-0.2, -0.15) is 0 Å². The summed E-state index contributed by atoms with van der Waals surface area (Å²) in [7, 11) is 0. The number of rotatable bonds is 5. The topological polar surface area (TPSA) is 103 Å². The molecule has 0 saturated carbocycles. The Kier molecular flexibility index (Phi) is 5.30. The molecule has 1 saturated heterocycles. The first kappa shape index (κ1) is 19.6. The monoisotopic (exact) mass is 417 g/mol. The van der Waals surface area contributed by atoms with E-state index in [2.05, 4.69) is 25.2 Å². The third-order valence-corrected chi connectivity index (χ3v) is 6.26. The first-order chi connectivity index (χ1) is 15.2. The maximum atomic E-state index is 13.0. The van der Waals surface area contributed by atoms with Gasteiger partial charge in [0.05, 0.1) is 6.17 Å². The summed E-state index contributed by atoms with van der Waals surface area (Å²) < 4.78 is 0. The van der Waals surface area contributed by atoms with Crippen LogP contribution in [0.4, 0.5) is 11.5 Å². The fraction of sp³-hybridized carbons (Fsp3) is 0.348. The second-order valence-corrected chi connectivity index (χ2v) is 8.15. The summed E-state index contributed by atoms with van der Waals surface area (Å²) in [5, 5.41) is 3.54. The molecule has 31 heavy (non-hydrogen) atoms. The number of nitrogens with zero attached hydrogens (tertiary/aromatic N) is 4. The van der Waals surface area contributed by atoms with E-state index in [1.54, 1.807) is 12.4 Å². The Morgan fingerprint density at radius 1 is 1.03 bits per heavy atom. The van der Waals surface area contributed by atoms with Gasteiger partial charge < -0.3 is 20.9 Å². The number of pyridine rings is 1. The van der Waals surface area contributed by atoms with Gasteiger partial charge in [-0.25, -0.2) is 9.97 Å². The molecule has 1 aromatic carbocycles. The van der Waals surface area contributed by atoms with Gasteiger partial charge in [0.15, 0.2) is 0 Å². The van der Waals surface area contributed by atoms with E-state index >= 15 is 0 Å². The first-order valence-electron chi connectivity index (χ1n) is 10.8. The fourth-order valence-electron chi connectivity index (χ4n) is 4.43. The Hall–Kier alpha value is -3.39.